The molecular weight excluding hydrogens is 326 g/mol. The van der Waals surface area contributed by atoms with Crippen molar-refractivity contribution in [3.63, 3.8) is 0 Å². The van der Waals surface area contributed by atoms with Crippen molar-refractivity contribution < 1.29 is 9.59 Å². The van der Waals surface area contributed by atoms with Crippen LogP contribution in [0, 0.1) is 0 Å². The number of anilines is 1. The first-order valence-corrected chi connectivity index (χ1v) is 8.91. The van der Waals surface area contributed by atoms with Gasteiger partial charge in [-0.25, -0.2) is 0 Å². The molecule has 26 heavy (non-hydrogen) atoms. The van der Waals surface area contributed by atoms with E-state index in [-0.39, 0.29) is 11.8 Å². The Hall–Kier alpha value is -3.08. The predicted octanol–water partition coefficient (Wildman–Crippen LogP) is 3.27. The van der Waals surface area contributed by atoms with Crippen LogP contribution in [0.5, 0.6) is 0 Å². The maximum Gasteiger partial charge on any atom is 0.252 e. The number of benzene rings is 2. The largest absolute Gasteiger partial charge is 0.361 e. The highest BCUT2D eigenvalue weighted by atomic mass is 16.2. The van der Waals surface area contributed by atoms with Crippen LogP contribution in [0.15, 0.2) is 54.7 Å². The van der Waals surface area contributed by atoms with E-state index in [0.29, 0.717) is 12.1 Å². The molecule has 2 N–H and O–H groups in total. The Morgan fingerprint density at radius 3 is 2.85 bits per heavy atom. The molecule has 3 aromatic rings. The van der Waals surface area contributed by atoms with Crippen LogP contribution in [0.2, 0.25) is 0 Å². The number of amides is 2. The molecule has 2 aromatic carbocycles. The lowest BCUT2D eigenvalue weighted by atomic mass is 10.0. The summed E-state index contributed by atoms with van der Waals surface area (Å²) < 4.78 is 0. The summed E-state index contributed by atoms with van der Waals surface area (Å²) in [6.07, 6.45) is 3.73. The van der Waals surface area contributed by atoms with E-state index >= 15 is 0 Å². The number of hydrogen-bond donors (Lipinski definition) is 2. The van der Waals surface area contributed by atoms with Gasteiger partial charge in [-0.3, -0.25) is 9.59 Å². The highest BCUT2D eigenvalue weighted by Gasteiger charge is 2.27. The SMILES string of the molecule is CC(NC(=O)c1cccc2[nH]ccc12)C(=O)N1CCCc2ccccc21. The third-order valence-corrected chi connectivity index (χ3v) is 4.93. The zero-order valence-electron chi connectivity index (χ0n) is 14.7. The van der Waals surface area contributed by atoms with Crippen LogP contribution in [0.25, 0.3) is 10.9 Å². The molecule has 0 saturated heterocycles. The summed E-state index contributed by atoms with van der Waals surface area (Å²) in [5.74, 6) is -0.312. The standard InChI is InChI=1S/C21H21N3O2/c1-14(21(26)24-13-5-7-15-6-2-3-10-19(15)24)23-20(25)17-8-4-9-18-16(17)11-12-22-18/h2-4,6,8-12,14,22H,5,7,13H2,1H3,(H,23,25). The average molecular weight is 347 g/mol. The number of aryl methyl sites for hydroxylation is 1. The zero-order chi connectivity index (χ0) is 18.1. The van der Waals surface area contributed by atoms with Crippen molar-refractivity contribution in [1.29, 1.82) is 0 Å². The smallest absolute Gasteiger partial charge is 0.252 e. The van der Waals surface area contributed by atoms with Gasteiger partial charge in [0.15, 0.2) is 0 Å². The van der Waals surface area contributed by atoms with Gasteiger partial charge < -0.3 is 15.2 Å². The molecule has 2 amide bonds. The molecule has 1 aromatic heterocycles. The molecule has 2 heterocycles. The maximum atomic E-state index is 12.9. The Bertz CT molecular complexity index is 976. The Balaban J connectivity index is 1.53. The summed E-state index contributed by atoms with van der Waals surface area (Å²) in [6.45, 7) is 2.43. The van der Waals surface area contributed by atoms with Crippen molar-refractivity contribution >= 4 is 28.4 Å². The number of aromatic nitrogens is 1. The second-order valence-corrected chi connectivity index (χ2v) is 6.66. The molecule has 0 fully saturated rings. The van der Waals surface area contributed by atoms with Gasteiger partial charge in [0.1, 0.15) is 6.04 Å². The van der Waals surface area contributed by atoms with E-state index in [1.807, 2.05) is 36.4 Å². The van der Waals surface area contributed by atoms with Crippen molar-refractivity contribution in [2.75, 3.05) is 11.4 Å². The molecule has 132 valence electrons. The second kappa shape index (κ2) is 6.67. The topological polar surface area (TPSA) is 65.2 Å². The van der Waals surface area contributed by atoms with Crippen molar-refractivity contribution in [3.8, 4) is 0 Å². The molecule has 0 spiro atoms. The number of H-pyrrole nitrogens is 1. The summed E-state index contributed by atoms with van der Waals surface area (Å²) in [4.78, 5) is 30.5. The highest BCUT2D eigenvalue weighted by molar-refractivity contribution is 6.08. The minimum atomic E-state index is -0.595. The van der Waals surface area contributed by atoms with E-state index in [4.69, 9.17) is 0 Å². The van der Waals surface area contributed by atoms with Crippen molar-refractivity contribution in [2.24, 2.45) is 0 Å². The Morgan fingerprint density at radius 2 is 1.96 bits per heavy atom. The van der Waals surface area contributed by atoms with Gasteiger partial charge >= 0.3 is 0 Å². The number of hydrogen-bond acceptors (Lipinski definition) is 2. The minimum Gasteiger partial charge on any atom is -0.361 e. The van der Waals surface area contributed by atoms with Crippen LogP contribution < -0.4 is 10.2 Å². The van der Waals surface area contributed by atoms with Crippen LogP contribution >= 0.6 is 0 Å². The number of nitrogens with zero attached hydrogens (tertiary/aromatic N) is 1. The molecule has 0 aliphatic carbocycles. The lowest BCUT2D eigenvalue weighted by molar-refractivity contribution is -0.120. The predicted molar refractivity (Wildman–Crippen MR) is 102 cm³/mol. The fourth-order valence-electron chi connectivity index (χ4n) is 3.62. The summed E-state index contributed by atoms with van der Waals surface area (Å²) in [5, 5.41) is 3.72. The number of fused-ring (bicyclic) bond motifs is 2. The molecule has 1 aliphatic rings. The summed E-state index contributed by atoms with van der Waals surface area (Å²) in [7, 11) is 0. The van der Waals surface area contributed by atoms with Gasteiger partial charge in [0.2, 0.25) is 5.91 Å². The van der Waals surface area contributed by atoms with Crippen LogP contribution in [0.1, 0.15) is 29.3 Å². The van der Waals surface area contributed by atoms with Crippen molar-refractivity contribution in [1.82, 2.24) is 10.3 Å². The fourth-order valence-corrected chi connectivity index (χ4v) is 3.62. The van der Waals surface area contributed by atoms with E-state index in [1.54, 1.807) is 24.1 Å². The third kappa shape index (κ3) is 2.86. The van der Waals surface area contributed by atoms with E-state index in [2.05, 4.69) is 16.4 Å². The third-order valence-electron chi connectivity index (χ3n) is 4.93. The molecule has 5 heteroatoms. The van der Waals surface area contributed by atoms with Gasteiger partial charge in [0.05, 0.1) is 0 Å². The van der Waals surface area contributed by atoms with E-state index < -0.39 is 6.04 Å². The highest BCUT2D eigenvalue weighted by Crippen LogP contribution is 2.27. The van der Waals surface area contributed by atoms with Gasteiger partial charge in [0, 0.05) is 34.9 Å². The lowest BCUT2D eigenvalue weighted by Gasteiger charge is -2.31. The first kappa shape index (κ1) is 16.4. The fraction of sp³-hybridized carbons (Fsp3) is 0.238. The number of para-hydroxylation sites is 1. The molecule has 4 rings (SSSR count). The van der Waals surface area contributed by atoms with Crippen LogP contribution in [0.3, 0.4) is 0 Å². The molecule has 0 radical (unpaired) electrons. The van der Waals surface area contributed by atoms with Crippen molar-refractivity contribution in [3.05, 3.63) is 65.9 Å². The molecule has 5 nitrogen and oxygen atoms in total. The van der Waals surface area contributed by atoms with E-state index in [9.17, 15) is 9.59 Å². The van der Waals surface area contributed by atoms with Gasteiger partial charge in [-0.05, 0) is 49.6 Å². The average Bonchev–Trinajstić information content (AvgIpc) is 3.15. The first-order valence-electron chi connectivity index (χ1n) is 8.91. The number of carbonyl (C=O) groups is 2. The minimum absolute atomic E-state index is 0.0771. The Kier molecular flexibility index (Phi) is 4.21. The molecule has 1 aliphatic heterocycles. The monoisotopic (exact) mass is 347 g/mol. The first-order chi connectivity index (χ1) is 12.6. The number of nitrogens with one attached hydrogen (secondary N) is 2. The van der Waals surface area contributed by atoms with Crippen LogP contribution in [-0.2, 0) is 11.2 Å². The summed E-state index contributed by atoms with van der Waals surface area (Å²) >= 11 is 0. The van der Waals surface area contributed by atoms with E-state index in [0.717, 1.165) is 29.4 Å². The van der Waals surface area contributed by atoms with Crippen LogP contribution in [0.4, 0.5) is 5.69 Å². The van der Waals surface area contributed by atoms with Gasteiger partial charge in [0.25, 0.3) is 5.91 Å². The summed E-state index contributed by atoms with van der Waals surface area (Å²) in [5.41, 5.74) is 3.62. The number of carbonyl (C=O) groups excluding carboxylic acids is 2. The normalized spacial score (nSPS) is 14.7. The molecule has 1 atom stereocenters. The van der Waals surface area contributed by atoms with Gasteiger partial charge in [-0.1, -0.05) is 24.3 Å². The number of aromatic amines is 1. The molecule has 1 unspecified atom stereocenters. The maximum absolute atomic E-state index is 12.9. The molecule has 0 bridgehead atoms. The van der Waals surface area contributed by atoms with Crippen LogP contribution in [-0.4, -0.2) is 29.4 Å². The Morgan fingerprint density at radius 1 is 1.12 bits per heavy atom. The quantitative estimate of drug-likeness (QED) is 0.764. The summed E-state index contributed by atoms with van der Waals surface area (Å²) in [6, 6.07) is 14.8. The molecular formula is C21H21N3O2. The Labute approximate surface area is 152 Å². The van der Waals surface area contributed by atoms with E-state index in [1.165, 1.54) is 5.56 Å². The molecule has 0 saturated carbocycles. The second-order valence-electron chi connectivity index (χ2n) is 6.66. The zero-order valence-corrected chi connectivity index (χ0v) is 14.7. The van der Waals surface area contributed by atoms with Gasteiger partial charge in [-0.2, -0.15) is 0 Å². The van der Waals surface area contributed by atoms with Gasteiger partial charge in [-0.15, -0.1) is 0 Å². The van der Waals surface area contributed by atoms with Crippen molar-refractivity contribution in [2.45, 2.75) is 25.8 Å². The lowest BCUT2D eigenvalue weighted by Crippen LogP contribution is -2.48. The number of rotatable bonds is 3.